The van der Waals surface area contributed by atoms with E-state index < -0.39 is 6.11 Å². The van der Waals surface area contributed by atoms with Crippen LogP contribution in [0.4, 0.5) is 8.78 Å². The average Bonchev–Trinajstić information content (AvgIpc) is 2.66. The fourth-order valence-electron chi connectivity index (χ4n) is 5.90. The topological polar surface area (TPSA) is 35.2 Å². The van der Waals surface area contributed by atoms with Crippen molar-refractivity contribution in [2.45, 2.75) is 83.8 Å². The molecule has 160 valence electrons. The van der Waals surface area contributed by atoms with Crippen molar-refractivity contribution in [3.8, 4) is 5.75 Å². The van der Waals surface area contributed by atoms with Crippen LogP contribution in [0.25, 0.3) is 0 Å². The zero-order valence-corrected chi connectivity index (χ0v) is 17.8. The van der Waals surface area contributed by atoms with E-state index in [-0.39, 0.29) is 11.8 Å². The van der Waals surface area contributed by atoms with Crippen LogP contribution < -0.4 is 10.5 Å². The monoisotopic (exact) mass is 403 g/mol. The molecule has 1 aromatic rings. The lowest BCUT2D eigenvalue weighted by Gasteiger charge is -2.48. The molecule has 3 unspecified atom stereocenters. The summed E-state index contributed by atoms with van der Waals surface area (Å²) in [5, 5.41) is 0. The quantitative estimate of drug-likeness (QED) is 0.537. The highest BCUT2D eigenvalue weighted by atomic mass is 19.3. The Morgan fingerprint density at radius 1 is 1.17 bits per heavy atom. The average molecular weight is 404 g/mol. The molecule has 4 heteroatoms. The number of halogens is 2. The lowest BCUT2D eigenvalue weighted by Crippen LogP contribution is -2.35. The summed E-state index contributed by atoms with van der Waals surface area (Å²) in [4.78, 5) is 0. The van der Waals surface area contributed by atoms with Crippen molar-refractivity contribution >= 4 is 0 Å². The molecule has 29 heavy (non-hydrogen) atoms. The Morgan fingerprint density at radius 2 is 1.90 bits per heavy atom. The van der Waals surface area contributed by atoms with Gasteiger partial charge in [0.2, 0.25) is 0 Å². The summed E-state index contributed by atoms with van der Waals surface area (Å²) in [6.07, 6.45) is 11.2. The first-order valence-electron chi connectivity index (χ1n) is 11.4. The van der Waals surface area contributed by atoms with Gasteiger partial charge >= 0.3 is 6.11 Å². The second-order valence-electron chi connectivity index (χ2n) is 10.00. The second-order valence-corrected chi connectivity index (χ2v) is 10.00. The highest BCUT2D eigenvalue weighted by molar-refractivity contribution is 5.32. The summed E-state index contributed by atoms with van der Waals surface area (Å²) in [5.74, 6) is 1.74. The predicted molar refractivity (Wildman–Crippen MR) is 113 cm³/mol. The van der Waals surface area contributed by atoms with E-state index in [1.165, 1.54) is 44.9 Å². The van der Waals surface area contributed by atoms with Crippen molar-refractivity contribution in [2.24, 2.45) is 28.9 Å². The first-order chi connectivity index (χ1) is 13.7. The van der Waals surface area contributed by atoms with E-state index in [2.05, 4.69) is 13.0 Å². The molecule has 0 amide bonds. The van der Waals surface area contributed by atoms with Gasteiger partial charge in [-0.05, 0) is 92.2 Å². The normalized spacial score (nSPS) is 28.5. The molecule has 2 fully saturated rings. The van der Waals surface area contributed by atoms with Gasteiger partial charge in [0, 0.05) is 13.0 Å². The third-order valence-electron chi connectivity index (χ3n) is 7.94. The van der Waals surface area contributed by atoms with Gasteiger partial charge in [-0.1, -0.05) is 37.1 Å². The van der Waals surface area contributed by atoms with E-state index in [9.17, 15) is 8.78 Å². The van der Waals surface area contributed by atoms with E-state index >= 15 is 0 Å². The van der Waals surface area contributed by atoms with Crippen LogP contribution in [0.2, 0.25) is 0 Å². The third kappa shape index (κ3) is 4.68. The van der Waals surface area contributed by atoms with Crippen LogP contribution in [0.1, 0.15) is 83.2 Å². The summed E-state index contributed by atoms with van der Waals surface area (Å²) in [6, 6.07) is 6.80. The molecule has 3 aliphatic carbocycles. The lowest BCUT2D eigenvalue weighted by atomic mass is 9.57. The molecule has 0 heterocycles. The zero-order chi connectivity index (χ0) is 20.6. The molecule has 2 N–H and O–H groups in total. The molecule has 0 saturated heterocycles. The summed E-state index contributed by atoms with van der Waals surface area (Å²) >= 11 is 0. The molecule has 0 aliphatic heterocycles. The van der Waals surface area contributed by atoms with Gasteiger partial charge in [-0.15, -0.1) is 0 Å². The van der Waals surface area contributed by atoms with Gasteiger partial charge in [-0.3, -0.25) is 0 Å². The van der Waals surface area contributed by atoms with Crippen LogP contribution >= 0.6 is 0 Å². The number of alkyl halides is 2. The Morgan fingerprint density at radius 3 is 2.52 bits per heavy atom. The van der Waals surface area contributed by atoms with Crippen molar-refractivity contribution in [1.29, 1.82) is 0 Å². The maximum absolute atomic E-state index is 13.2. The molecule has 0 aromatic heterocycles. The Bertz CT molecular complexity index is 739. The van der Waals surface area contributed by atoms with Crippen molar-refractivity contribution < 1.29 is 13.5 Å². The minimum Gasteiger partial charge on any atom is -0.433 e. The highest BCUT2D eigenvalue weighted by Crippen LogP contribution is 2.54. The van der Waals surface area contributed by atoms with Crippen molar-refractivity contribution in [1.82, 2.24) is 0 Å². The standard InChI is InChI=1S/C25H35F2NO/c1-17-7-8-19(18-9-13-25(14-10-18)11-4-12-25)16-22(17)23(28)20-5-3-6-21(15-20)29-24(2,26)27/h3,5-6,8,15,17-18,22-23H,4,7,9-14,16,28H2,1-2H3. The Labute approximate surface area is 173 Å². The molecule has 2 saturated carbocycles. The number of allylic oxidation sites excluding steroid dienone is 2. The zero-order valence-electron chi connectivity index (χ0n) is 17.8. The van der Waals surface area contributed by atoms with Gasteiger partial charge in [0.05, 0.1) is 0 Å². The molecule has 1 aromatic carbocycles. The summed E-state index contributed by atoms with van der Waals surface area (Å²) in [7, 11) is 0. The molecule has 3 atom stereocenters. The molecule has 0 radical (unpaired) electrons. The van der Waals surface area contributed by atoms with E-state index in [0.717, 1.165) is 31.2 Å². The molecule has 4 rings (SSSR count). The number of benzene rings is 1. The number of nitrogens with two attached hydrogens (primary N) is 1. The van der Waals surface area contributed by atoms with Gasteiger partial charge in [0.15, 0.2) is 0 Å². The molecule has 0 bridgehead atoms. The predicted octanol–water partition coefficient (Wildman–Crippen LogP) is 7.01. The summed E-state index contributed by atoms with van der Waals surface area (Å²) < 4.78 is 31.2. The maximum atomic E-state index is 13.2. The molecule has 1 spiro atoms. The Hall–Kier alpha value is -1.42. The number of hydrogen-bond donors (Lipinski definition) is 1. The highest BCUT2D eigenvalue weighted by Gasteiger charge is 2.41. The molecular formula is C25H35F2NO. The summed E-state index contributed by atoms with van der Waals surface area (Å²) in [6.45, 7) is 3.03. The van der Waals surface area contributed by atoms with Crippen molar-refractivity contribution in [3.05, 3.63) is 41.5 Å². The number of ether oxygens (including phenoxy) is 1. The SMILES string of the molecule is CC1CC=C(C2CCC3(CCC3)CC2)CC1C(N)c1cccc(OC(C)(F)F)c1. The van der Waals surface area contributed by atoms with E-state index in [4.69, 9.17) is 10.5 Å². The van der Waals surface area contributed by atoms with Gasteiger partial charge in [0.1, 0.15) is 5.75 Å². The first-order valence-corrected chi connectivity index (χ1v) is 11.4. The van der Waals surface area contributed by atoms with Gasteiger partial charge < -0.3 is 10.5 Å². The van der Waals surface area contributed by atoms with Gasteiger partial charge in [-0.25, -0.2) is 0 Å². The first kappa shape index (κ1) is 20.8. The molecular weight excluding hydrogens is 368 g/mol. The van der Waals surface area contributed by atoms with Crippen molar-refractivity contribution in [3.63, 3.8) is 0 Å². The maximum Gasteiger partial charge on any atom is 0.394 e. The van der Waals surface area contributed by atoms with Crippen LogP contribution in [0.15, 0.2) is 35.9 Å². The van der Waals surface area contributed by atoms with Gasteiger partial charge in [0.25, 0.3) is 0 Å². The van der Waals surface area contributed by atoms with Crippen LogP contribution in [0.5, 0.6) is 5.75 Å². The van der Waals surface area contributed by atoms with Crippen LogP contribution in [-0.4, -0.2) is 6.11 Å². The third-order valence-corrected chi connectivity index (χ3v) is 7.94. The van der Waals surface area contributed by atoms with Crippen LogP contribution in [-0.2, 0) is 0 Å². The molecule has 3 aliphatic rings. The fraction of sp³-hybridized carbons (Fsp3) is 0.680. The van der Waals surface area contributed by atoms with Crippen molar-refractivity contribution in [2.75, 3.05) is 0 Å². The van der Waals surface area contributed by atoms with E-state index in [1.807, 2.05) is 6.07 Å². The minimum atomic E-state index is -3.18. The Kier molecular flexibility index (Phi) is 5.76. The van der Waals surface area contributed by atoms with E-state index in [1.54, 1.807) is 23.8 Å². The number of hydrogen-bond acceptors (Lipinski definition) is 2. The molecule has 2 nitrogen and oxygen atoms in total. The van der Waals surface area contributed by atoms with E-state index in [0.29, 0.717) is 17.3 Å². The lowest BCUT2D eigenvalue weighted by molar-refractivity contribution is -0.159. The number of rotatable bonds is 5. The van der Waals surface area contributed by atoms with Crippen LogP contribution in [0, 0.1) is 23.2 Å². The largest absolute Gasteiger partial charge is 0.433 e. The smallest absolute Gasteiger partial charge is 0.394 e. The second kappa shape index (κ2) is 8.02. The van der Waals surface area contributed by atoms with Gasteiger partial charge in [-0.2, -0.15) is 8.78 Å². The minimum absolute atomic E-state index is 0.163. The Balaban J connectivity index is 1.43. The fourth-order valence-corrected chi connectivity index (χ4v) is 5.90. The summed E-state index contributed by atoms with van der Waals surface area (Å²) in [5.41, 5.74) is 9.87. The van der Waals surface area contributed by atoms with Crippen LogP contribution in [0.3, 0.4) is 0 Å².